The molecule has 0 aliphatic carbocycles. The molecule has 7 heteroatoms. The molecular formula is C21H21ClN4O2. The third-order valence-corrected chi connectivity index (χ3v) is 5.05. The number of para-hydroxylation sites is 2. The van der Waals surface area contributed by atoms with Gasteiger partial charge < -0.3 is 15.0 Å². The SMILES string of the molecule is Cc1c(C(=O)Nc2ccccc2N2CCOCC2)cnn1-c1cccc(Cl)c1. The zero-order valence-electron chi connectivity index (χ0n) is 15.6. The molecule has 0 spiro atoms. The molecule has 0 radical (unpaired) electrons. The van der Waals surface area contributed by atoms with E-state index in [2.05, 4.69) is 15.3 Å². The van der Waals surface area contributed by atoms with Gasteiger partial charge in [-0.25, -0.2) is 4.68 Å². The Kier molecular flexibility index (Phi) is 5.32. The van der Waals surface area contributed by atoms with E-state index in [1.165, 1.54) is 0 Å². The van der Waals surface area contributed by atoms with Gasteiger partial charge in [0.25, 0.3) is 5.91 Å². The number of rotatable bonds is 4. The van der Waals surface area contributed by atoms with Crippen LogP contribution in [0.15, 0.2) is 54.7 Å². The van der Waals surface area contributed by atoms with Crippen LogP contribution in [0.3, 0.4) is 0 Å². The summed E-state index contributed by atoms with van der Waals surface area (Å²) >= 11 is 6.08. The van der Waals surface area contributed by atoms with Crippen molar-refractivity contribution >= 4 is 28.9 Å². The van der Waals surface area contributed by atoms with E-state index >= 15 is 0 Å². The van der Waals surface area contributed by atoms with Gasteiger partial charge >= 0.3 is 0 Å². The van der Waals surface area contributed by atoms with Gasteiger partial charge in [-0.15, -0.1) is 0 Å². The second-order valence-electron chi connectivity index (χ2n) is 6.61. The minimum atomic E-state index is -0.188. The topological polar surface area (TPSA) is 59.4 Å². The zero-order valence-corrected chi connectivity index (χ0v) is 16.3. The quantitative estimate of drug-likeness (QED) is 0.726. The Morgan fingerprint density at radius 1 is 1.14 bits per heavy atom. The maximum Gasteiger partial charge on any atom is 0.259 e. The van der Waals surface area contributed by atoms with Crippen molar-refractivity contribution in [3.63, 3.8) is 0 Å². The summed E-state index contributed by atoms with van der Waals surface area (Å²) in [6, 6.07) is 15.2. The molecule has 6 nitrogen and oxygen atoms in total. The molecule has 2 aromatic carbocycles. The number of carbonyl (C=O) groups excluding carboxylic acids is 1. The summed E-state index contributed by atoms with van der Waals surface area (Å²) in [5, 5.41) is 8.04. The summed E-state index contributed by atoms with van der Waals surface area (Å²) < 4.78 is 7.15. The maximum absolute atomic E-state index is 12.9. The fourth-order valence-corrected chi connectivity index (χ4v) is 3.53. The first kappa shape index (κ1) is 18.5. The Labute approximate surface area is 168 Å². The molecule has 1 aromatic heterocycles. The number of hydrogen-bond acceptors (Lipinski definition) is 4. The minimum absolute atomic E-state index is 0.188. The Morgan fingerprint density at radius 3 is 2.71 bits per heavy atom. The number of ether oxygens (including phenoxy) is 1. The summed E-state index contributed by atoms with van der Waals surface area (Å²) in [6.07, 6.45) is 1.59. The summed E-state index contributed by atoms with van der Waals surface area (Å²) in [5.41, 5.74) is 3.88. The van der Waals surface area contributed by atoms with Gasteiger partial charge in [0, 0.05) is 18.1 Å². The number of hydrogen-bond donors (Lipinski definition) is 1. The number of halogens is 1. The van der Waals surface area contributed by atoms with Crippen LogP contribution in [0.4, 0.5) is 11.4 Å². The van der Waals surface area contributed by atoms with E-state index in [0.717, 1.165) is 35.8 Å². The van der Waals surface area contributed by atoms with E-state index in [0.29, 0.717) is 23.8 Å². The predicted octanol–water partition coefficient (Wildman–Crippen LogP) is 3.92. The number of nitrogens with zero attached hydrogens (tertiary/aromatic N) is 3. The molecule has 2 heterocycles. The highest BCUT2D eigenvalue weighted by atomic mass is 35.5. The summed E-state index contributed by atoms with van der Waals surface area (Å²) in [6.45, 7) is 4.86. The monoisotopic (exact) mass is 396 g/mol. The van der Waals surface area contributed by atoms with Crippen LogP contribution < -0.4 is 10.2 Å². The molecule has 1 amide bonds. The van der Waals surface area contributed by atoms with Gasteiger partial charge in [-0.05, 0) is 37.3 Å². The maximum atomic E-state index is 12.9. The lowest BCUT2D eigenvalue weighted by molar-refractivity contribution is 0.102. The largest absolute Gasteiger partial charge is 0.378 e. The number of benzene rings is 2. The second kappa shape index (κ2) is 8.04. The lowest BCUT2D eigenvalue weighted by Crippen LogP contribution is -2.36. The van der Waals surface area contributed by atoms with Crippen LogP contribution in [-0.4, -0.2) is 42.0 Å². The molecule has 3 aromatic rings. The first-order valence-electron chi connectivity index (χ1n) is 9.17. The zero-order chi connectivity index (χ0) is 19.5. The highest BCUT2D eigenvalue weighted by Crippen LogP contribution is 2.27. The van der Waals surface area contributed by atoms with Crippen molar-refractivity contribution in [3.8, 4) is 5.69 Å². The number of carbonyl (C=O) groups is 1. The fourth-order valence-electron chi connectivity index (χ4n) is 3.35. The first-order valence-corrected chi connectivity index (χ1v) is 9.55. The number of aromatic nitrogens is 2. The molecule has 144 valence electrons. The van der Waals surface area contributed by atoms with Crippen molar-refractivity contribution < 1.29 is 9.53 Å². The average Bonchev–Trinajstić information content (AvgIpc) is 3.10. The standard InChI is InChI=1S/C21H21ClN4O2/c1-15-18(14-23-26(15)17-6-4-5-16(22)13-17)21(27)24-19-7-2-3-8-20(19)25-9-11-28-12-10-25/h2-8,13-14H,9-12H2,1H3,(H,24,27). The van der Waals surface area contributed by atoms with E-state index in [4.69, 9.17) is 16.3 Å². The number of amides is 1. The third-order valence-electron chi connectivity index (χ3n) is 4.81. The van der Waals surface area contributed by atoms with Gasteiger partial charge in [0.2, 0.25) is 0 Å². The molecule has 4 rings (SSSR count). The molecule has 1 fully saturated rings. The van der Waals surface area contributed by atoms with Crippen LogP contribution in [0, 0.1) is 6.92 Å². The molecule has 0 bridgehead atoms. The van der Waals surface area contributed by atoms with Gasteiger partial charge in [-0.2, -0.15) is 5.10 Å². The van der Waals surface area contributed by atoms with Crippen LogP contribution in [0.25, 0.3) is 5.69 Å². The van der Waals surface area contributed by atoms with Crippen molar-refractivity contribution in [1.82, 2.24) is 9.78 Å². The van der Waals surface area contributed by atoms with Crippen LogP contribution in [0.1, 0.15) is 16.1 Å². The molecule has 0 unspecified atom stereocenters. The van der Waals surface area contributed by atoms with E-state index in [-0.39, 0.29) is 5.91 Å². The molecule has 1 aliphatic rings. The second-order valence-corrected chi connectivity index (χ2v) is 7.04. The van der Waals surface area contributed by atoms with E-state index in [1.54, 1.807) is 16.9 Å². The summed E-state index contributed by atoms with van der Waals surface area (Å²) in [5.74, 6) is -0.188. The Bertz CT molecular complexity index is 996. The number of anilines is 2. The van der Waals surface area contributed by atoms with E-state index < -0.39 is 0 Å². The molecule has 1 aliphatic heterocycles. The van der Waals surface area contributed by atoms with Crippen molar-refractivity contribution in [1.29, 1.82) is 0 Å². The first-order chi connectivity index (χ1) is 13.6. The lowest BCUT2D eigenvalue weighted by Gasteiger charge is -2.30. The lowest BCUT2D eigenvalue weighted by atomic mass is 10.2. The molecule has 28 heavy (non-hydrogen) atoms. The normalized spacial score (nSPS) is 14.1. The van der Waals surface area contributed by atoms with Gasteiger partial charge in [0.15, 0.2) is 0 Å². The molecule has 0 saturated carbocycles. The van der Waals surface area contributed by atoms with Crippen LogP contribution in [0.5, 0.6) is 0 Å². The number of nitrogens with one attached hydrogen (secondary N) is 1. The third kappa shape index (κ3) is 3.74. The van der Waals surface area contributed by atoms with Crippen LogP contribution >= 0.6 is 11.6 Å². The minimum Gasteiger partial charge on any atom is -0.378 e. The smallest absolute Gasteiger partial charge is 0.259 e. The Balaban J connectivity index is 1.58. The van der Waals surface area contributed by atoms with Crippen LogP contribution in [-0.2, 0) is 4.74 Å². The van der Waals surface area contributed by atoms with Crippen LogP contribution in [0.2, 0.25) is 5.02 Å². The molecular weight excluding hydrogens is 376 g/mol. The average molecular weight is 397 g/mol. The van der Waals surface area contributed by atoms with Crippen molar-refractivity contribution in [2.75, 3.05) is 36.5 Å². The highest BCUT2D eigenvalue weighted by Gasteiger charge is 2.19. The summed E-state index contributed by atoms with van der Waals surface area (Å²) in [7, 11) is 0. The van der Waals surface area contributed by atoms with E-state index in [1.807, 2.05) is 49.4 Å². The van der Waals surface area contributed by atoms with Crippen molar-refractivity contribution in [2.45, 2.75) is 6.92 Å². The van der Waals surface area contributed by atoms with Gasteiger partial charge in [0.1, 0.15) is 0 Å². The van der Waals surface area contributed by atoms with Gasteiger partial charge in [0.05, 0.1) is 47.7 Å². The summed E-state index contributed by atoms with van der Waals surface area (Å²) in [4.78, 5) is 15.2. The molecule has 1 saturated heterocycles. The Morgan fingerprint density at radius 2 is 1.93 bits per heavy atom. The Hall–Kier alpha value is -2.83. The molecule has 0 atom stereocenters. The van der Waals surface area contributed by atoms with E-state index in [9.17, 15) is 4.79 Å². The van der Waals surface area contributed by atoms with Gasteiger partial charge in [-0.1, -0.05) is 29.8 Å². The van der Waals surface area contributed by atoms with Gasteiger partial charge in [-0.3, -0.25) is 4.79 Å². The molecule has 1 N–H and O–H groups in total. The number of morpholine rings is 1. The van der Waals surface area contributed by atoms with Crippen molar-refractivity contribution in [2.24, 2.45) is 0 Å². The highest BCUT2D eigenvalue weighted by molar-refractivity contribution is 6.30. The fraction of sp³-hybridized carbons (Fsp3) is 0.238. The van der Waals surface area contributed by atoms with Crippen molar-refractivity contribution in [3.05, 3.63) is 71.0 Å². The predicted molar refractivity (Wildman–Crippen MR) is 111 cm³/mol.